The van der Waals surface area contributed by atoms with Gasteiger partial charge in [0.2, 0.25) is 5.82 Å². The number of piperidine rings is 1. The first-order valence-electron chi connectivity index (χ1n) is 15.6. The number of hydrogen-bond acceptors (Lipinski definition) is 9. The molecule has 46 heavy (non-hydrogen) atoms. The van der Waals surface area contributed by atoms with E-state index in [1.165, 1.54) is 5.56 Å². The van der Waals surface area contributed by atoms with Crippen LogP contribution >= 0.6 is 0 Å². The number of rotatable bonds is 7. The zero-order valence-corrected chi connectivity index (χ0v) is 26.0. The minimum Gasteiger partial charge on any atom is -0.383 e. The Labute approximate surface area is 268 Å². The summed E-state index contributed by atoms with van der Waals surface area (Å²) in [5, 5.41) is 12.5. The van der Waals surface area contributed by atoms with Crippen molar-refractivity contribution >= 4 is 22.8 Å². The summed E-state index contributed by atoms with van der Waals surface area (Å²) >= 11 is 0. The Morgan fingerprint density at radius 3 is 2.37 bits per heavy atom. The Kier molecular flexibility index (Phi) is 9.22. The normalized spacial score (nSPS) is 13.5. The molecule has 230 valence electrons. The van der Waals surface area contributed by atoms with E-state index in [1.807, 2.05) is 68.4 Å². The van der Waals surface area contributed by atoms with E-state index in [1.54, 1.807) is 12.4 Å². The summed E-state index contributed by atoms with van der Waals surface area (Å²) < 4.78 is 2.07. The van der Waals surface area contributed by atoms with Crippen LogP contribution in [0.2, 0.25) is 0 Å². The van der Waals surface area contributed by atoms with Crippen LogP contribution in [0, 0.1) is 11.3 Å². The van der Waals surface area contributed by atoms with Crippen molar-refractivity contribution in [2.24, 2.45) is 0 Å². The number of anilines is 2. The lowest BCUT2D eigenvalue weighted by molar-refractivity contribution is 0.211. The molecule has 1 aliphatic heterocycles. The molecule has 0 saturated carbocycles. The second-order valence-corrected chi connectivity index (χ2v) is 10.9. The number of nitrogens with one attached hydrogen (secondary N) is 1. The molecule has 0 spiro atoms. The van der Waals surface area contributed by atoms with E-state index in [4.69, 9.17) is 21.0 Å². The fraction of sp³-hybridized carbons (Fsp3) is 0.222. The Morgan fingerprint density at radius 1 is 0.848 bits per heavy atom. The van der Waals surface area contributed by atoms with Gasteiger partial charge in [0.05, 0.1) is 11.3 Å². The molecule has 4 aromatic heterocycles. The molecule has 0 bridgehead atoms. The van der Waals surface area contributed by atoms with Crippen LogP contribution in [-0.2, 0) is 6.54 Å². The summed E-state index contributed by atoms with van der Waals surface area (Å²) in [5.74, 6) is 2.02. The summed E-state index contributed by atoms with van der Waals surface area (Å²) in [6.45, 7) is 6.80. The number of fused-ring (bicyclic) bond motifs is 1. The Morgan fingerprint density at radius 2 is 1.63 bits per heavy atom. The number of hydrogen-bond donors (Lipinski definition) is 2. The van der Waals surface area contributed by atoms with E-state index in [9.17, 15) is 0 Å². The molecule has 1 saturated heterocycles. The number of nitrogen functional groups attached to an aromatic ring is 1. The summed E-state index contributed by atoms with van der Waals surface area (Å²) in [5.41, 5.74) is 12.7. The molecule has 0 unspecified atom stereocenters. The molecule has 0 aliphatic carbocycles. The van der Waals surface area contributed by atoms with E-state index in [0.29, 0.717) is 23.5 Å². The summed E-state index contributed by atoms with van der Waals surface area (Å²) in [6.07, 6.45) is 5.30. The Balaban J connectivity index is 0.00000182. The van der Waals surface area contributed by atoms with Crippen molar-refractivity contribution in [2.75, 3.05) is 24.1 Å². The molecule has 6 aromatic rings. The van der Waals surface area contributed by atoms with Crippen molar-refractivity contribution in [1.82, 2.24) is 34.4 Å². The number of nitrogens with two attached hydrogens (primary N) is 1. The maximum atomic E-state index is 9.07. The number of nitrogens with zero attached hydrogens (tertiary/aromatic N) is 8. The van der Waals surface area contributed by atoms with Crippen molar-refractivity contribution in [1.29, 1.82) is 5.26 Å². The molecule has 7 rings (SSSR count). The van der Waals surface area contributed by atoms with Crippen LogP contribution in [0.4, 0.5) is 11.6 Å². The topological polar surface area (TPSA) is 134 Å². The molecular weight excluding hydrogens is 572 g/mol. The minimum atomic E-state index is 0.183. The number of nitriles is 1. The standard InChI is InChI=1S/C34H30N10.C2H6/c35-21-31-37-18-14-30(42-31)39-25-15-19-43(20-16-25)22-23-8-10-26(11-9-23)44-33(27-7-4-17-38-32(27)36)41-29-13-12-28(40-34(29)44)24-5-2-1-3-6-24;1-2/h1-14,17-18,25H,15-16,19-20,22H2,(H2,36,38)(H,37,39,42);1-2H3. The van der Waals surface area contributed by atoms with Gasteiger partial charge in [-0.25, -0.2) is 24.9 Å². The Bertz CT molecular complexity index is 1950. The largest absolute Gasteiger partial charge is 0.383 e. The molecule has 3 N–H and O–H groups in total. The molecule has 1 aliphatic rings. The first-order chi connectivity index (χ1) is 22.6. The second-order valence-electron chi connectivity index (χ2n) is 10.9. The third-order valence-electron chi connectivity index (χ3n) is 7.95. The fourth-order valence-corrected chi connectivity index (χ4v) is 5.70. The van der Waals surface area contributed by atoms with Gasteiger partial charge in [-0.1, -0.05) is 56.3 Å². The third-order valence-corrected chi connectivity index (χ3v) is 7.95. The SMILES string of the molecule is CC.N#Cc1nccc(NC2CCN(Cc3ccc(-n4c(-c5cccnc5N)nc5ccc(-c6ccccc6)nc54)cc3)CC2)n1. The molecule has 5 heterocycles. The van der Waals surface area contributed by atoms with Crippen LogP contribution in [0.5, 0.6) is 0 Å². The molecule has 0 amide bonds. The molecule has 0 radical (unpaired) electrons. The van der Waals surface area contributed by atoms with Crippen molar-refractivity contribution in [3.05, 3.63) is 109 Å². The second kappa shape index (κ2) is 14.0. The van der Waals surface area contributed by atoms with Gasteiger partial charge in [0.1, 0.15) is 23.2 Å². The van der Waals surface area contributed by atoms with E-state index in [0.717, 1.165) is 66.1 Å². The van der Waals surface area contributed by atoms with Crippen LogP contribution in [0.15, 0.2) is 97.3 Å². The van der Waals surface area contributed by atoms with Gasteiger partial charge < -0.3 is 11.1 Å². The molecule has 1 fully saturated rings. The monoisotopic (exact) mass is 608 g/mol. The van der Waals surface area contributed by atoms with Gasteiger partial charge in [0.15, 0.2) is 11.5 Å². The van der Waals surface area contributed by atoms with E-state index in [-0.39, 0.29) is 5.82 Å². The van der Waals surface area contributed by atoms with Crippen molar-refractivity contribution in [3.63, 3.8) is 0 Å². The van der Waals surface area contributed by atoms with Gasteiger partial charge in [-0.05, 0) is 60.9 Å². The van der Waals surface area contributed by atoms with Gasteiger partial charge >= 0.3 is 0 Å². The molecular formula is C36H36N10. The van der Waals surface area contributed by atoms with Gasteiger partial charge in [0.25, 0.3) is 0 Å². The highest BCUT2D eigenvalue weighted by Crippen LogP contribution is 2.32. The maximum absolute atomic E-state index is 9.07. The van der Waals surface area contributed by atoms with Crippen molar-refractivity contribution in [2.45, 2.75) is 39.3 Å². The summed E-state index contributed by atoms with van der Waals surface area (Å²) in [6, 6.07) is 30.7. The van der Waals surface area contributed by atoms with Gasteiger partial charge in [-0.3, -0.25) is 9.47 Å². The molecule has 10 heteroatoms. The van der Waals surface area contributed by atoms with Gasteiger partial charge in [-0.15, -0.1) is 0 Å². The zero-order chi connectivity index (χ0) is 31.9. The maximum Gasteiger partial charge on any atom is 0.234 e. The minimum absolute atomic E-state index is 0.183. The van der Waals surface area contributed by atoms with E-state index < -0.39 is 0 Å². The van der Waals surface area contributed by atoms with E-state index >= 15 is 0 Å². The fourth-order valence-electron chi connectivity index (χ4n) is 5.70. The molecule has 0 atom stereocenters. The third kappa shape index (κ3) is 6.55. The van der Waals surface area contributed by atoms with Crippen LogP contribution in [0.3, 0.4) is 0 Å². The molecule has 2 aromatic carbocycles. The number of pyridine rings is 2. The Hall–Kier alpha value is -5.66. The average molecular weight is 609 g/mol. The zero-order valence-electron chi connectivity index (χ0n) is 26.0. The quantitative estimate of drug-likeness (QED) is 0.208. The predicted octanol–water partition coefficient (Wildman–Crippen LogP) is 6.50. The lowest BCUT2D eigenvalue weighted by atomic mass is 10.0. The molecule has 10 nitrogen and oxygen atoms in total. The highest BCUT2D eigenvalue weighted by molar-refractivity contribution is 5.84. The van der Waals surface area contributed by atoms with Gasteiger partial charge in [0, 0.05) is 49.3 Å². The van der Waals surface area contributed by atoms with Crippen molar-refractivity contribution in [3.8, 4) is 34.4 Å². The van der Waals surface area contributed by atoms with Gasteiger partial charge in [-0.2, -0.15) is 5.26 Å². The highest BCUT2D eigenvalue weighted by Gasteiger charge is 2.21. The number of aromatic nitrogens is 6. The lowest BCUT2D eigenvalue weighted by Gasteiger charge is -2.32. The average Bonchev–Trinajstić information content (AvgIpc) is 3.49. The summed E-state index contributed by atoms with van der Waals surface area (Å²) in [7, 11) is 0. The highest BCUT2D eigenvalue weighted by atomic mass is 15.2. The first kappa shape index (κ1) is 30.4. The van der Waals surface area contributed by atoms with Crippen LogP contribution in [0.25, 0.3) is 39.5 Å². The number of likely N-dealkylation sites (tertiary alicyclic amines) is 1. The van der Waals surface area contributed by atoms with Crippen LogP contribution in [0.1, 0.15) is 38.1 Å². The predicted molar refractivity (Wildman–Crippen MR) is 182 cm³/mol. The first-order valence-corrected chi connectivity index (χ1v) is 15.6. The van der Waals surface area contributed by atoms with Crippen LogP contribution in [-0.4, -0.2) is 53.5 Å². The lowest BCUT2D eigenvalue weighted by Crippen LogP contribution is -2.38. The summed E-state index contributed by atoms with van der Waals surface area (Å²) in [4.78, 5) is 25.0. The van der Waals surface area contributed by atoms with E-state index in [2.05, 4.69) is 66.1 Å². The number of imidazole rings is 1. The van der Waals surface area contributed by atoms with Crippen LogP contribution < -0.4 is 11.1 Å². The number of benzene rings is 2. The smallest absolute Gasteiger partial charge is 0.234 e. The van der Waals surface area contributed by atoms with Crippen molar-refractivity contribution < 1.29 is 0 Å².